The number of alkyl halides is 2. The number of H-pyrrole nitrogens is 1. The minimum absolute atomic E-state index is 0.0124. The number of carbonyl (C=O) groups excluding carboxylic acids is 1. The van der Waals surface area contributed by atoms with Gasteiger partial charge in [-0.25, -0.2) is 0 Å². The van der Waals surface area contributed by atoms with Gasteiger partial charge in [0, 0.05) is 17.4 Å². The SMILES string of the molecule is CN(C)C/C=C(\C#N)C(=O)c1cc2cc(OC(F)F)c(Br)cc2[nH]1. The molecule has 0 bridgehead atoms. The van der Waals surface area contributed by atoms with Gasteiger partial charge in [0.1, 0.15) is 11.8 Å². The van der Waals surface area contributed by atoms with Crippen molar-refractivity contribution in [1.82, 2.24) is 9.88 Å². The number of nitriles is 1. The monoisotopic (exact) mass is 397 g/mol. The van der Waals surface area contributed by atoms with Crippen LogP contribution in [0.4, 0.5) is 8.78 Å². The van der Waals surface area contributed by atoms with Gasteiger partial charge >= 0.3 is 6.61 Å². The minimum Gasteiger partial charge on any atom is -0.434 e. The highest BCUT2D eigenvalue weighted by Gasteiger charge is 2.17. The third-order valence-electron chi connectivity index (χ3n) is 3.16. The average molecular weight is 398 g/mol. The standard InChI is InChI=1S/C16H14BrF2N3O2/c1-22(2)4-3-9(8-20)15(23)13-5-10-6-14(24-16(18)19)11(17)7-12(10)21-13/h3,5-7,16,21H,4H2,1-2H3/b9-3+. The van der Waals surface area contributed by atoms with Crippen molar-refractivity contribution in [1.29, 1.82) is 5.26 Å². The molecular formula is C16H14BrF2N3O2. The lowest BCUT2D eigenvalue weighted by Crippen LogP contribution is -2.13. The second kappa shape index (κ2) is 7.55. The van der Waals surface area contributed by atoms with Crippen LogP contribution >= 0.6 is 15.9 Å². The molecule has 1 N–H and O–H groups in total. The number of benzene rings is 1. The number of halogens is 3. The van der Waals surface area contributed by atoms with Crippen molar-refractivity contribution in [3.63, 3.8) is 0 Å². The fourth-order valence-corrected chi connectivity index (χ4v) is 2.49. The molecule has 0 aliphatic heterocycles. The van der Waals surface area contributed by atoms with E-state index in [1.54, 1.807) is 6.07 Å². The Balaban J connectivity index is 2.38. The molecule has 1 aromatic carbocycles. The van der Waals surface area contributed by atoms with Gasteiger partial charge in [-0.15, -0.1) is 0 Å². The zero-order chi connectivity index (χ0) is 17.9. The molecule has 0 aliphatic rings. The first-order chi connectivity index (χ1) is 11.3. The summed E-state index contributed by atoms with van der Waals surface area (Å²) in [6.07, 6.45) is 1.54. The second-order valence-corrected chi connectivity index (χ2v) is 6.11. The van der Waals surface area contributed by atoms with Crippen LogP contribution in [0.25, 0.3) is 10.9 Å². The Hall–Kier alpha value is -2.24. The molecule has 8 heteroatoms. The van der Waals surface area contributed by atoms with E-state index in [2.05, 4.69) is 25.7 Å². The Labute approximate surface area is 145 Å². The number of nitrogens with one attached hydrogen (secondary N) is 1. The van der Waals surface area contributed by atoms with E-state index in [0.29, 0.717) is 21.9 Å². The Bertz CT molecular complexity index is 838. The van der Waals surface area contributed by atoms with Gasteiger partial charge in [-0.2, -0.15) is 14.0 Å². The smallest absolute Gasteiger partial charge is 0.387 e. The predicted octanol–water partition coefficient (Wildman–Crippen LogP) is 3.73. The maximum atomic E-state index is 12.4. The number of hydrogen-bond donors (Lipinski definition) is 1. The first kappa shape index (κ1) is 18.1. The molecule has 0 atom stereocenters. The first-order valence-corrected chi connectivity index (χ1v) is 7.68. The number of aromatic nitrogens is 1. The quantitative estimate of drug-likeness (QED) is 0.458. The third-order valence-corrected chi connectivity index (χ3v) is 3.78. The Morgan fingerprint density at radius 1 is 1.46 bits per heavy atom. The molecule has 0 saturated carbocycles. The van der Waals surface area contributed by atoms with Crippen LogP contribution in [0.5, 0.6) is 5.75 Å². The summed E-state index contributed by atoms with van der Waals surface area (Å²) in [4.78, 5) is 17.1. The molecule has 0 aliphatic carbocycles. The molecule has 0 fully saturated rings. The summed E-state index contributed by atoms with van der Waals surface area (Å²) in [5.41, 5.74) is 0.785. The van der Waals surface area contributed by atoms with Crippen molar-refractivity contribution in [2.45, 2.75) is 6.61 Å². The van der Waals surface area contributed by atoms with Crippen molar-refractivity contribution in [2.24, 2.45) is 0 Å². The lowest BCUT2D eigenvalue weighted by molar-refractivity contribution is -0.0502. The summed E-state index contributed by atoms with van der Waals surface area (Å²) in [7, 11) is 3.64. The topological polar surface area (TPSA) is 69.1 Å². The summed E-state index contributed by atoms with van der Waals surface area (Å²) in [6, 6.07) is 6.32. The van der Waals surface area contributed by atoms with Crippen LogP contribution in [0, 0.1) is 11.3 Å². The zero-order valence-electron chi connectivity index (χ0n) is 12.9. The highest BCUT2D eigenvalue weighted by molar-refractivity contribution is 9.10. The zero-order valence-corrected chi connectivity index (χ0v) is 14.5. The van der Waals surface area contributed by atoms with E-state index in [1.807, 2.05) is 25.1 Å². The van der Waals surface area contributed by atoms with E-state index in [9.17, 15) is 13.6 Å². The van der Waals surface area contributed by atoms with Crippen LogP contribution in [-0.2, 0) is 0 Å². The van der Waals surface area contributed by atoms with E-state index in [-0.39, 0.29) is 17.0 Å². The summed E-state index contributed by atoms with van der Waals surface area (Å²) in [5, 5.41) is 9.68. The summed E-state index contributed by atoms with van der Waals surface area (Å²) in [6.45, 7) is -2.50. The normalized spacial score (nSPS) is 12.0. The molecule has 0 amide bonds. The highest BCUT2D eigenvalue weighted by Crippen LogP contribution is 2.32. The molecule has 0 radical (unpaired) electrons. The Kier molecular flexibility index (Phi) is 5.70. The lowest BCUT2D eigenvalue weighted by Gasteiger charge is -2.06. The van der Waals surface area contributed by atoms with Crippen LogP contribution in [-0.4, -0.2) is 42.9 Å². The van der Waals surface area contributed by atoms with Crippen LogP contribution in [0.15, 0.2) is 34.3 Å². The van der Waals surface area contributed by atoms with Crippen LogP contribution < -0.4 is 4.74 Å². The Morgan fingerprint density at radius 2 is 2.17 bits per heavy atom. The number of nitrogens with zero attached hydrogens (tertiary/aromatic N) is 2. The molecular weight excluding hydrogens is 384 g/mol. The highest BCUT2D eigenvalue weighted by atomic mass is 79.9. The third kappa shape index (κ3) is 4.19. The number of hydrogen-bond acceptors (Lipinski definition) is 4. The van der Waals surface area contributed by atoms with E-state index in [4.69, 9.17) is 5.26 Å². The van der Waals surface area contributed by atoms with Crippen LogP contribution in [0.1, 0.15) is 10.5 Å². The van der Waals surface area contributed by atoms with E-state index in [1.165, 1.54) is 18.2 Å². The molecule has 5 nitrogen and oxygen atoms in total. The molecule has 1 aromatic heterocycles. The van der Waals surface area contributed by atoms with E-state index in [0.717, 1.165) is 0 Å². The number of Topliss-reactive ketones (excluding diaryl/α,β-unsaturated/α-hetero) is 1. The maximum absolute atomic E-state index is 12.4. The molecule has 0 unspecified atom stereocenters. The van der Waals surface area contributed by atoms with Crippen molar-refractivity contribution in [2.75, 3.05) is 20.6 Å². The predicted molar refractivity (Wildman–Crippen MR) is 89.2 cm³/mol. The van der Waals surface area contributed by atoms with E-state index < -0.39 is 12.4 Å². The summed E-state index contributed by atoms with van der Waals surface area (Å²) in [5.74, 6) is -0.484. The number of aromatic amines is 1. The fraction of sp³-hybridized carbons (Fsp3) is 0.250. The fourth-order valence-electron chi connectivity index (χ4n) is 2.05. The Morgan fingerprint density at radius 3 is 2.75 bits per heavy atom. The van der Waals surface area contributed by atoms with Gasteiger partial charge in [0.05, 0.1) is 15.7 Å². The average Bonchev–Trinajstić information content (AvgIpc) is 2.90. The number of likely N-dealkylation sites (N-methyl/N-ethyl adjacent to an activating group) is 1. The molecule has 24 heavy (non-hydrogen) atoms. The van der Waals surface area contributed by atoms with Crippen molar-refractivity contribution in [3.8, 4) is 11.8 Å². The second-order valence-electron chi connectivity index (χ2n) is 5.25. The number of ether oxygens (including phenoxy) is 1. The van der Waals surface area contributed by atoms with E-state index >= 15 is 0 Å². The summed E-state index contributed by atoms with van der Waals surface area (Å²) < 4.78 is 29.5. The lowest BCUT2D eigenvalue weighted by atomic mass is 10.1. The molecule has 0 saturated heterocycles. The number of carbonyl (C=O) groups is 1. The van der Waals surface area contributed by atoms with Crippen molar-refractivity contribution >= 4 is 32.6 Å². The van der Waals surface area contributed by atoms with Gasteiger partial charge in [0.2, 0.25) is 5.78 Å². The van der Waals surface area contributed by atoms with Gasteiger partial charge in [-0.1, -0.05) is 0 Å². The van der Waals surface area contributed by atoms with Crippen LogP contribution in [0.2, 0.25) is 0 Å². The number of ketones is 1. The number of fused-ring (bicyclic) bond motifs is 1. The van der Waals surface area contributed by atoms with Crippen molar-refractivity contribution in [3.05, 3.63) is 40.0 Å². The van der Waals surface area contributed by atoms with Crippen LogP contribution in [0.3, 0.4) is 0 Å². The molecule has 1 heterocycles. The largest absolute Gasteiger partial charge is 0.434 e. The van der Waals surface area contributed by atoms with Gasteiger partial charge < -0.3 is 14.6 Å². The van der Waals surface area contributed by atoms with Gasteiger partial charge in [-0.3, -0.25) is 4.79 Å². The van der Waals surface area contributed by atoms with Gasteiger partial charge in [0.25, 0.3) is 0 Å². The molecule has 0 spiro atoms. The summed E-state index contributed by atoms with van der Waals surface area (Å²) >= 11 is 3.14. The number of allylic oxidation sites excluding steroid dienone is 1. The minimum atomic E-state index is -2.95. The maximum Gasteiger partial charge on any atom is 0.387 e. The molecule has 126 valence electrons. The van der Waals surface area contributed by atoms with Crippen molar-refractivity contribution < 1.29 is 18.3 Å². The molecule has 2 rings (SSSR count). The van der Waals surface area contributed by atoms with Gasteiger partial charge in [-0.05, 0) is 54.3 Å². The molecule has 2 aromatic rings. The number of rotatable bonds is 6. The first-order valence-electron chi connectivity index (χ1n) is 6.88. The van der Waals surface area contributed by atoms with Gasteiger partial charge in [0.15, 0.2) is 0 Å².